The van der Waals surface area contributed by atoms with Crippen LogP contribution in [0.25, 0.3) is 0 Å². The summed E-state index contributed by atoms with van der Waals surface area (Å²) in [7, 11) is 3.94. The van der Waals surface area contributed by atoms with Crippen molar-refractivity contribution in [3.05, 3.63) is 29.8 Å². The third-order valence-electron chi connectivity index (χ3n) is 4.51. The quantitative estimate of drug-likeness (QED) is 0.369. The molecule has 0 atom stereocenters. The standard InChI is InChI=1S/C20H33N3O2.HI/c1-16(2)25-19-7-5-6-18(14-19)15-22-20(21-3)23(4)11-8-17-9-12-24-13-10-17;/h5-7,14,16-17H,8-13,15H2,1-4H3,(H,21,22);1H. The maximum Gasteiger partial charge on any atom is 0.193 e. The van der Waals surface area contributed by atoms with Crippen LogP contribution in [0, 0.1) is 5.92 Å². The molecule has 148 valence electrons. The molecule has 0 aliphatic carbocycles. The molecule has 1 aliphatic heterocycles. The van der Waals surface area contributed by atoms with Crippen molar-refractivity contribution in [1.82, 2.24) is 10.2 Å². The molecule has 0 saturated carbocycles. The van der Waals surface area contributed by atoms with Crippen molar-refractivity contribution < 1.29 is 9.47 Å². The van der Waals surface area contributed by atoms with Crippen molar-refractivity contribution in [3.63, 3.8) is 0 Å². The first-order chi connectivity index (χ1) is 12.1. The van der Waals surface area contributed by atoms with Gasteiger partial charge in [-0.05, 0) is 56.7 Å². The number of aliphatic imine (C=N–C) groups is 1. The molecule has 2 rings (SSSR count). The molecule has 0 amide bonds. The Morgan fingerprint density at radius 1 is 1.35 bits per heavy atom. The highest BCUT2D eigenvalue weighted by molar-refractivity contribution is 14.0. The maximum absolute atomic E-state index is 5.76. The van der Waals surface area contributed by atoms with Crippen LogP contribution in [0.15, 0.2) is 29.3 Å². The molecule has 1 aliphatic rings. The molecule has 0 aromatic heterocycles. The Morgan fingerprint density at radius 2 is 2.08 bits per heavy atom. The second-order valence-corrected chi connectivity index (χ2v) is 6.98. The first-order valence-electron chi connectivity index (χ1n) is 9.33. The molecule has 1 fully saturated rings. The lowest BCUT2D eigenvalue weighted by Crippen LogP contribution is -2.39. The third kappa shape index (κ3) is 8.12. The fourth-order valence-corrected chi connectivity index (χ4v) is 3.08. The molecule has 0 unspecified atom stereocenters. The van der Waals surface area contributed by atoms with E-state index in [1.807, 2.05) is 33.0 Å². The van der Waals surface area contributed by atoms with Crippen LogP contribution in [0.4, 0.5) is 0 Å². The third-order valence-corrected chi connectivity index (χ3v) is 4.51. The zero-order valence-electron chi connectivity index (χ0n) is 16.5. The number of hydrogen-bond donors (Lipinski definition) is 1. The zero-order valence-corrected chi connectivity index (χ0v) is 18.9. The van der Waals surface area contributed by atoms with Gasteiger partial charge >= 0.3 is 0 Å². The van der Waals surface area contributed by atoms with Crippen LogP contribution in [0.5, 0.6) is 5.75 Å². The Morgan fingerprint density at radius 3 is 2.73 bits per heavy atom. The van der Waals surface area contributed by atoms with Gasteiger partial charge in [-0.3, -0.25) is 4.99 Å². The lowest BCUT2D eigenvalue weighted by Gasteiger charge is -2.27. The van der Waals surface area contributed by atoms with Crippen LogP contribution in [0.3, 0.4) is 0 Å². The molecule has 1 aromatic carbocycles. The highest BCUT2D eigenvalue weighted by Gasteiger charge is 2.15. The minimum absolute atomic E-state index is 0. The van der Waals surface area contributed by atoms with Crippen LogP contribution in [-0.2, 0) is 11.3 Å². The van der Waals surface area contributed by atoms with Crippen LogP contribution in [0.2, 0.25) is 0 Å². The molecule has 1 saturated heterocycles. The van der Waals surface area contributed by atoms with Gasteiger partial charge in [-0.15, -0.1) is 24.0 Å². The van der Waals surface area contributed by atoms with E-state index in [2.05, 4.69) is 34.4 Å². The molecule has 0 spiro atoms. The van der Waals surface area contributed by atoms with Crippen LogP contribution >= 0.6 is 24.0 Å². The summed E-state index contributed by atoms with van der Waals surface area (Å²) >= 11 is 0. The van der Waals surface area contributed by atoms with E-state index in [1.54, 1.807) is 0 Å². The van der Waals surface area contributed by atoms with Crippen molar-refractivity contribution in [1.29, 1.82) is 0 Å². The molecule has 1 N–H and O–H groups in total. The number of nitrogens with one attached hydrogen (secondary N) is 1. The normalized spacial score (nSPS) is 15.5. The number of rotatable bonds is 7. The van der Waals surface area contributed by atoms with Crippen molar-refractivity contribution in [3.8, 4) is 5.75 Å². The first-order valence-corrected chi connectivity index (χ1v) is 9.33. The number of nitrogens with zero attached hydrogens (tertiary/aromatic N) is 2. The summed E-state index contributed by atoms with van der Waals surface area (Å²) in [6.07, 6.45) is 3.75. The van der Waals surface area contributed by atoms with Crippen molar-refractivity contribution in [2.24, 2.45) is 10.9 Å². The summed E-state index contributed by atoms with van der Waals surface area (Å²) < 4.78 is 11.2. The Balaban J connectivity index is 0.00000338. The summed E-state index contributed by atoms with van der Waals surface area (Å²) in [6.45, 7) is 7.66. The van der Waals surface area contributed by atoms with Gasteiger partial charge < -0.3 is 19.7 Å². The van der Waals surface area contributed by atoms with Gasteiger partial charge in [-0.1, -0.05) is 12.1 Å². The fourth-order valence-electron chi connectivity index (χ4n) is 3.08. The Hall–Kier alpha value is -1.02. The van der Waals surface area contributed by atoms with Crippen LogP contribution in [-0.4, -0.2) is 50.8 Å². The number of ether oxygens (including phenoxy) is 2. The fraction of sp³-hybridized carbons (Fsp3) is 0.650. The largest absolute Gasteiger partial charge is 0.491 e. The average Bonchev–Trinajstić information content (AvgIpc) is 2.61. The van der Waals surface area contributed by atoms with E-state index in [9.17, 15) is 0 Å². The second kappa shape index (κ2) is 12.4. The molecule has 1 heterocycles. The summed E-state index contributed by atoms with van der Waals surface area (Å²) in [5.74, 6) is 2.62. The van der Waals surface area contributed by atoms with Gasteiger partial charge in [0.1, 0.15) is 5.75 Å². The molecule has 6 heteroatoms. The van der Waals surface area contributed by atoms with Gasteiger partial charge in [0.15, 0.2) is 5.96 Å². The Labute approximate surface area is 175 Å². The number of hydrogen-bond acceptors (Lipinski definition) is 3. The Bertz CT molecular complexity index is 546. The van der Waals surface area contributed by atoms with Gasteiger partial charge in [0.2, 0.25) is 0 Å². The zero-order chi connectivity index (χ0) is 18.1. The molecule has 0 bridgehead atoms. The number of guanidine groups is 1. The van der Waals surface area contributed by atoms with Gasteiger partial charge in [0.05, 0.1) is 6.10 Å². The summed E-state index contributed by atoms with van der Waals surface area (Å²) in [5, 5.41) is 3.45. The first kappa shape index (κ1) is 23.0. The van der Waals surface area contributed by atoms with Crippen molar-refractivity contribution in [2.45, 2.75) is 45.8 Å². The van der Waals surface area contributed by atoms with Gasteiger partial charge in [-0.2, -0.15) is 0 Å². The van der Waals surface area contributed by atoms with Gasteiger partial charge in [0.25, 0.3) is 0 Å². The van der Waals surface area contributed by atoms with Crippen LogP contribution in [0.1, 0.15) is 38.7 Å². The smallest absolute Gasteiger partial charge is 0.193 e. The molecule has 0 radical (unpaired) electrons. The lowest BCUT2D eigenvalue weighted by atomic mass is 9.96. The monoisotopic (exact) mass is 475 g/mol. The van der Waals surface area contributed by atoms with E-state index in [-0.39, 0.29) is 30.1 Å². The minimum Gasteiger partial charge on any atom is -0.491 e. The molecule has 26 heavy (non-hydrogen) atoms. The topological polar surface area (TPSA) is 46.1 Å². The van der Waals surface area contributed by atoms with E-state index in [0.29, 0.717) is 0 Å². The molecular weight excluding hydrogens is 441 g/mol. The van der Waals surface area contributed by atoms with Crippen molar-refractivity contribution >= 4 is 29.9 Å². The van der Waals surface area contributed by atoms with Gasteiger partial charge in [-0.25, -0.2) is 0 Å². The SMILES string of the molecule is CN=C(NCc1cccc(OC(C)C)c1)N(C)CCC1CCOCC1.I. The number of benzene rings is 1. The van der Waals surface area contributed by atoms with E-state index < -0.39 is 0 Å². The lowest BCUT2D eigenvalue weighted by molar-refractivity contribution is 0.0625. The van der Waals surface area contributed by atoms with E-state index in [0.717, 1.165) is 43.9 Å². The highest BCUT2D eigenvalue weighted by atomic mass is 127. The van der Waals surface area contributed by atoms with E-state index in [4.69, 9.17) is 9.47 Å². The number of halogens is 1. The van der Waals surface area contributed by atoms with Gasteiger partial charge in [0, 0.05) is 40.4 Å². The minimum atomic E-state index is 0. The highest BCUT2D eigenvalue weighted by Crippen LogP contribution is 2.18. The second-order valence-electron chi connectivity index (χ2n) is 6.98. The molecule has 5 nitrogen and oxygen atoms in total. The predicted octanol–water partition coefficient (Wildman–Crippen LogP) is 3.92. The maximum atomic E-state index is 5.76. The van der Waals surface area contributed by atoms with E-state index >= 15 is 0 Å². The predicted molar refractivity (Wildman–Crippen MR) is 119 cm³/mol. The Kier molecular flexibility index (Phi) is 11.0. The molecular formula is C20H34IN3O2. The van der Waals surface area contributed by atoms with E-state index in [1.165, 1.54) is 24.8 Å². The van der Waals surface area contributed by atoms with Crippen LogP contribution < -0.4 is 10.1 Å². The summed E-state index contributed by atoms with van der Waals surface area (Å²) in [4.78, 5) is 6.63. The van der Waals surface area contributed by atoms with Crippen molar-refractivity contribution in [2.75, 3.05) is 33.9 Å². The summed E-state index contributed by atoms with van der Waals surface area (Å²) in [5.41, 5.74) is 1.19. The average molecular weight is 475 g/mol. The molecule has 1 aromatic rings. The summed E-state index contributed by atoms with van der Waals surface area (Å²) in [6, 6.07) is 8.22.